The normalized spacial score (nSPS) is 10.4. The van der Waals surface area contributed by atoms with Crippen molar-refractivity contribution in [3.05, 3.63) is 64.7 Å². The summed E-state index contributed by atoms with van der Waals surface area (Å²) in [5.41, 5.74) is 3.24. The summed E-state index contributed by atoms with van der Waals surface area (Å²) in [5.74, 6) is -0.111. The van der Waals surface area contributed by atoms with Crippen molar-refractivity contribution >= 4 is 5.97 Å². The van der Waals surface area contributed by atoms with Crippen LogP contribution in [-0.4, -0.2) is 18.2 Å². The second-order valence-electron chi connectivity index (χ2n) is 4.79. The predicted octanol–water partition coefficient (Wildman–Crippen LogP) is 3.42. The van der Waals surface area contributed by atoms with E-state index in [1.54, 1.807) is 25.3 Å². The second-order valence-corrected chi connectivity index (χ2v) is 4.79. The van der Waals surface area contributed by atoms with Crippen molar-refractivity contribution in [1.82, 2.24) is 0 Å². The van der Waals surface area contributed by atoms with Crippen LogP contribution in [0.5, 0.6) is 5.75 Å². The Morgan fingerprint density at radius 2 is 1.95 bits per heavy atom. The molecule has 2 aromatic rings. The summed E-state index contributed by atoms with van der Waals surface area (Å²) < 4.78 is 10.8. The fourth-order valence-corrected chi connectivity index (χ4v) is 2.03. The minimum absolute atomic E-state index is 0.295. The molecule has 2 rings (SSSR count). The molecule has 0 fully saturated rings. The maximum absolute atomic E-state index is 10.9. The van der Waals surface area contributed by atoms with E-state index in [9.17, 15) is 4.79 Å². The fraction of sp³-hybridized carbons (Fsp3) is 0.235. The molecule has 0 atom stereocenters. The highest BCUT2D eigenvalue weighted by molar-refractivity contribution is 5.87. The van der Waals surface area contributed by atoms with Gasteiger partial charge in [-0.25, -0.2) is 4.79 Å². The standard InChI is InChI=1S/C17H18O4/c1-12-8-14(17(18)19)6-7-15(12)11-21-10-13-4-3-5-16(9-13)20-2/h3-9H,10-11H2,1-2H3,(H,18,19). The molecule has 4 nitrogen and oxygen atoms in total. The predicted molar refractivity (Wildman–Crippen MR) is 79.6 cm³/mol. The van der Waals surface area contributed by atoms with Crippen LogP contribution in [0.25, 0.3) is 0 Å². The Hall–Kier alpha value is -2.33. The zero-order valence-corrected chi connectivity index (χ0v) is 12.1. The first-order chi connectivity index (χ1) is 10.1. The number of aromatic carboxylic acids is 1. The van der Waals surface area contributed by atoms with Crippen LogP contribution in [0.3, 0.4) is 0 Å². The van der Waals surface area contributed by atoms with Gasteiger partial charge in [-0.2, -0.15) is 0 Å². The average Bonchev–Trinajstić information content (AvgIpc) is 2.49. The summed E-state index contributed by atoms with van der Waals surface area (Å²) in [6, 6.07) is 12.8. The summed E-state index contributed by atoms with van der Waals surface area (Å²) in [4.78, 5) is 10.9. The van der Waals surface area contributed by atoms with Gasteiger partial charge in [-0.3, -0.25) is 0 Å². The fourth-order valence-electron chi connectivity index (χ4n) is 2.03. The highest BCUT2D eigenvalue weighted by atomic mass is 16.5. The van der Waals surface area contributed by atoms with Gasteiger partial charge >= 0.3 is 5.97 Å². The minimum Gasteiger partial charge on any atom is -0.497 e. The molecule has 2 aromatic carbocycles. The first-order valence-corrected chi connectivity index (χ1v) is 6.63. The molecule has 0 heterocycles. The Kier molecular flexibility index (Phi) is 4.95. The number of hydrogen-bond donors (Lipinski definition) is 1. The number of rotatable bonds is 6. The molecule has 0 unspecified atom stereocenters. The Labute approximate surface area is 123 Å². The summed E-state index contributed by atoms with van der Waals surface area (Å²) in [6.07, 6.45) is 0. The quantitative estimate of drug-likeness (QED) is 0.884. The van der Waals surface area contributed by atoms with Crippen LogP contribution in [-0.2, 0) is 18.0 Å². The maximum Gasteiger partial charge on any atom is 0.335 e. The van der Waals surface area contributed by atoms with Gasteiger partial charge in [0.05, 0.1) is 25.9 Å². The molecule has 0 bridgehead atoms. The van der Waals surface area contributed by atoms with Gasteiger partial charge < -0.3 is 14.6 Å². The molecule has 0 saturated heterocycles. The molecule has 0 radical (unpaired) electrons. The van der Waals surface area contributed by atoms with E-state index in [1.165, 1.54) is 0 Å². The highest BCUT2D eigenvalue weighted by Crippen LogP contribution is 2.16. The van der Waals surface area contributed by atoms with Crippen LogP contribution in [0.1, 0.15) is 27.0 Å². The van der Waals surface area contributed by atoms with E-state index >= 15 is 0 Å². The van der Waals surface area contributed by atoms with Gasteiger partial charge in [0.25, 0.3) is 0 Å². The van der Waals surface area contributed by atoms with Crippen LogP contribution in [0.4, 0.5) is 0 Å². The Balaban J connectivity index is 1.95. The number of ether oxygens (including phenoxy) is 2. The highest BCUT2D eigenvalue weighted by Gasteiger charge is 2.06. The van der Waals surface area contributed by atoms with Crippen LogP contribution >= 0.6 is 0 Å². The van der Waals surface area contributed by atoms with Crippen LogP contribution in [0.2, 0.25) is 0 Å². The van der Waals surface area contributed by atoms with E-state index in [1.807, 2.05) is 31.2 Å². The molecule has 1 N–H and O–H groups in total. The third-order valence-corrected chi connectivity index (χ3v) is 3.25. The number of carboxylic acid groups (broad SMARTS) is 1. The largest absolute Gasteiger partial charge is 0.497 e. The number of carboxylic acids is 1. The van der Waals surface area contributed by atoms with Gasteiger partial charge in [-0.05, 0) is 47.9 Å². The van der Waals surface area contributed by atoms with E-state index in [4.69, 9.17) is 14.6 Å². The zero-order chi connectivity index (χ0) is 15.2. The van der Waals surface area contributed by atoms with Gasteiger partial charge in [0, 0.05) is 0 Å². The van der Waals surface area contributed by atoms with Gasteiger partial charge in [-0.1, -0.05) is 18.2 Å². The number of aryl methyl sites for hydroxylation is 1. The lowest BCUT2D eigenvalue weighted by Gasteiger charge is -2.09. The molecule has 0 aromatic heterocycles. The van der Waals surface area contributed by atoms with Crippen LogP contribution in [0.15, 0.2) is 42.5 Å². The first kappa shape index (κ1) is 15.1. The minimum atomic E-state index is -0.915. The lowest BCUT2D eigenvalue weighted by molar-refractivity contribution is 0.0696. The Morgan fingerprint density at radius 1 is 1.14 bits per heavy atom. The summed E-state index contributed by atoms with van der Waals surface area (Å²) >= 11 is 0. The van der Waals surface area contributed by atoms with Gasteiger partial charge in [0.2, 0.25) is 0 Å². The molecule has 110 valence electrons. The SMILES string of the molecule is COc1cccc(COCc2ccc(C(=O)O)cc2C)c1. The van der Waals surface area contributed by atoms with Gasteiger partial charge in [-0.15, -0.1) is 0 Å². The van der Waals surface area contributed by atoms with E-state index in [0.29, 0.717) is 18.8 Å². The Bertz CT molecular complexity index is 634. The molecule has 21 heavy (non-hydrogen) atoms. The van der Waals surface area contributed by atoms with Crippen molar-refractivity contribution in [2.45, 2.75) is 20.1 Å². The molecule has 0 aliphatic carbocycles. The third-order valence-electron chi connectivity index (χ3n) is 3.25. The molecular weight excluding hydrogens is 268 g/mol. The summed E-state index contributed by atoms with van der Waals surface area (Å²) in [6.45, 7) is 2.82. The summed E-state index contributed by atoms with van der Waals surface area (Å²) in [7, 11) is 1.63. The van der Waals surface area contributed by atoms with E-state index in [2.05, 4.69) is 0 Å². The van der Waals surface area contributed by atoms with E-state index < -0.39 is 5.97 Å². The molecule has 0 spiro atoms. The van der Waals surface area contributed by atoms with Crippen molar-refractivity contribution in [1.29, 1.82) is 0 Å². The molecular formula is C17H18O4. The Morgan fingerprint density at radius 3 is 2.62 bits per heavy atom. The number of carbonyl (C=O) groups is 1. The van der Waals surface area contributed by atoms with E-state index in [0.717, 1.165) is 22.4 Å². The van der Waals surface area contributed by atoms with Crippen molar-refractivity contribution in [3.8, 4) is 5.75 Å². The second kappa shape index (κ2) is 6.90. The zero-order valence-electron chi connectivity index (χ0n) is 12.1. The topological polar surface area (TPSA) is 55.8 Å². The summed E-state index contributed by atoms with van der Waals surface area (Å²) in [5, 5.41) is 8.93. The average molecular weight is 286 g/mol. The molecule has 0 saturated carbocycles. The van der Waals surface area contributed by atoms with Crippen LogP contribution in [0, 0.1) is 6.92 Å². The molecule has 0 aliphatic rings. The lowest BCUT2D eigenvalue weighted by atomic mass is 10.1. The number of hydrogen-bond acceptors (Lipinski definition) is 3. The van der Waals surface area contributed by atoms with Gasteiger partial charge in [0.1, 0.15) is 5.75 Å². The molecule has 0 aliphatic heterocycles. The smallest absolute Gasteiger partial charge is 0.335 e. The van der Waals surface area contributed by atoms with E-state index in [-0.39, 0.29) is 0 Å². The first-order valence-electron chi connectivity index (χ1n) is 6.63. The van der Waals surface area contributed by atoms with Crippen molar-refractivity contribution < 1.29 is 19.4 Å². The molecule has 0 amide bonds. The molecule has 4 heteroatoms. The lowest BCUT2D eigenvalue weighted by Crippen LogP contribution is -2.01. The maximum atomic E-state index is 10.9. The van der Waals surface area contributed by atoms with Crippen molar-refractivity contribution in [2.75, 3.05) is 7.11 Å². The van der Waals surface area contributed by atoms with Crippen LogP contribution < -0.4 is 4.74 Å². The third kappa shape index (κ3) is 4.07. The number of methoxy groups -OCH3 is 1. The van der Waals surface area contributed by atoms with Gasteiger partial charge in [0.15, 0.2) is 0 Å². The van der Waals surface area contributed by atoms with Crippen molar-refractivity contribution in [2.24, 2.45) is 0 Å². The van der Waals surface area contributed by atoms with Crippen molar-refractivity contribution in [3.63, 3.8) is 0 Å². The monoisotopic (exact) mass is 286 g/mol. The number of benzene rings is 2.